The summed E-state index contributed by atoms with van der Waals surface area (Å²) >= 11 is 4.47. The minimum Gasteiger partial charge on any atom is -0.197 e. The average molecular weight is 227 g/mol. The lowest BCUT2D eigenvalue weighted by molar-refractivity contribution is 0.0516. The Labute approximate surface area is 93.0 Å². The average Bonchev–Trinajstić information content (AvgIpc) is 2.28. The molecule has 0 saturated heterocycles. The topological polar surface area (TPSA) is 12.4 Å². The SMILES string of the molecule is C=CC(F)(F)c1cc(N=S)ccc1CC. The highest BCUT2D eigenvalue weighted by Crippen LogP contribution is 2.34. The van der Waals surface area contributed by atoms with E-state index in [4.69, 9.17) is 0 Å². The third-order valence-electron chi connectivity index (χ3n) is 2.20. The van der Waals surface area contributed by atoms with Gasteiger partial charge in [-0.2, -0.15) is 13.1 Å². The van der Waals surface area contributed by atoms with Gasteiger partial charge in [0.15, 0.2) is 0 Å². The van der Waals surface area contributed by atoms with Crippen LogP contribution in [0.25, 0.3) is 0 Å². The number of halogens is 2. The molecular weight excluding hydrogens is 216 g/mol. The van der Waals surface area contributed by atoms with Crippen LogP contribution in [-0.2, 0) is 24.8 Å². The van der Waals surface area contributed by atoms with Gasteiger partial charge in [0.05, 0.1) is 5.69 Å². The first-order chi connectivity index (χ1) is 7.05. The molecule has 0 N–H and O–H groups in total. The Morgan fingerprint density at radius 1 is 1.53 bits per heavy atom. The van der Waals surface area contributed by atoms with Gasteiger partial charge in [0.2, 0.25) is 0 Å². The highest BCUT2D eigenvalue weighted by atomic mass is 32.1. The zero-order valence-corrected chi connectivity index (χ0v) is 9.15. The minimum atomic E-state index is -3.03. The Morgan fingerprint density at radius 2 is 2.20 bits per heavy atom. The van der Waals surface area contributed by atoms with Gasteiger partial charge in [-0.1, -0.05) is 19.6 Å². The molecular formula is C11H11F2NS. The van der Waals surface area contributed by atoms with E-state index in [2.05, 4.69) is 23.4 Å². The fraction of sp³-hybridized carbons (Fsp3) is 0.273. The number of hydrogen-bond acceptors (Lipinski definition) is 2. The van der Waals surface area contributed by atoms with Crippen LogP contribution in [0.1, 0.15) is 18.1 Å². The first-order valence-corrected chi connectivity index (χ1v) is 4.89. The molecule has 0 atom stereocenters. The maximum Gasteiger partial charge on any atom is 0.291 e. The minimum absolute atomic E-state index is 0.0638. The Kier molecular flexibility index (Phi) is 3.63. The lowest BCUT2D eigenvalue weighted by Crippen LogP contribution is -2.11. The van der Waals surface area contributed by atoms with Gasteiger partial charge in [0, 0.05) is 18.0 Å². The molecule has 0 bridgehead atoms. The van der Waals surface area contributed by atoms with E-state index in [0.717, 1.165) is 0 Å². The molecule has 0 spiro atoms. The van der Waals surface area contributed by atoms with Crippen molar-refractivity contribution in [3.63, 3.8) is 0 Å². The van der Waals surface area contributed by atoms with Crippen molar-refractivity contribution in [2.45, 2.75) is 19.3 Å². The first-order valence-electron chi connectivity index (χ1n) is 4.53. The number of allylic oxidation sites excluding steroid dienone is 1. The molecule has 0 aliphatic heterocycles. The molecule has 1 rings (SSSR count). The quantitative estimate of drug-likeness (QED) is 0.711. The van der Waals surface area contributed by atoms with Crippen molar-refractivity contribution in [3.05, 3.63) is 42.0 Å². The zero-order chi connectivity index (χ0) is 11.5. The number of rotatable bonds is 4. The van der Waals surface area contributed by atoms with Crippen LogP contribution in [0.5, 0.6) is 0 Å². The summed E-state index contributed by atoms with van der Waals surface area (Å²) in [5, 5.41) is 0. The molecule has 0 amide bonds. The van der Waals surface area contributed by atoms with E-state index in [-0.39, 0.29) is 5.56 Å². The Bertz CT molecular complexity index is 388. The van der Waals surface area contributed by atoms with Crippen LogP contribution in [0.15, 0.2) is 35.2 Å². The summed E-state index contributed by atoms with van der Waals surface area (Å²) in [6.07, 6.45) is 1.17. The van der Waals surface area contributed by atoms with Crippen molar-refractivity contribution in [3.8, 4) is 0 Å². The third kappa shape index (κ3) is 2.45. The van der Waals surface area contributed by atoms with Gasteiger partial charge >= 0.3 is 0 Å². The van der Waals surface area contributed by atoms with E-state index in [1.807, 2.05) is 6.92 Å². The van der Waals surface area contributed by atoms with Crippen molar-refractivity contribution in [2.75, 3.05) is 0 Å². The van der Waals surface area contributed by atoms with E-state index >= 15 is 0 Å². The maximum absolute atomic E-state index is 13.5. The lowest BCUT2D eigenvalue weighted by atomic mass is 9.99. The summed E-state index contributed by atoms with van der Waals surface area (Å²) in [5.41, 5.74) is 0.895. The first kappa shape index (κ1) is 11.9. The van der Waals surface area contributed by atoms with Gasteiger partial charge in [-0.3, -0.25) is 0 Å². The van der Waals surface area contributed by atoms with Crippen LogP contribution in [0, 0.1) is 0 Å². The summed E-state index contributed by atoms with van der Waals surface area (Å²) in [6, 6.07) is 4.57. The molecule has 0 unspecified atom stereocenters. The summed E-state index contributed by atoms with van der Waals surface area (Å²) in [7, 11) is 0. The summed E-state index contributed by atoms with van der Waals surface area (Å²) in [4.78, 5) is 0. The largest absolute Gasteiger partial charge is 0.291 e. The monoisotopic (exact) mass is 227 g/mol. The van der Waals surface area contributed by atoms with Gasteiger partial charge in [0.1, 0.15) is 0 Å². The van der Waals surface area contributed by atoms with Crippen molar-refractivity contribution in [1.29, 1.82) is 0 Å². The second-order valence-corrected chi connectivity index (χ2v) is 3.30. The zero-order valence-electron chi connectivity index (χ0n) is 8.34. The predicted octanol–water partition coefficient (Wildman–Crippen LogP) is 3.89. The highest BCUT2D eigenvalue weighted by Gasteiger charge is 2.29. The molecule has 0 heterocycles. The van der Waals surface area contributed by atoms with Gasteiger partial charge in [-0.25, -0.2) is 0 Å². The lowest BCUT2D eigenvalue weighted by Gasteiger charge is -2.16. The molecule has 0 aliphatic rings. The van der Waals surface area contributed by atoms with Crippen molar-refractivity contribution in [2.24, 2.45) is 4.36 Å². The number of benzene rings is 1. The Hall–Kier alpha value is -1.16. The standard InChI is InChI=1S/C11H11F2NS/c1-3-8-5-6-9(14-15)7-10(8)11(12,13)4-2/h4-7H,2-3H2,1H3. The molecule has 1 aromatic rings. The van der Waals surface area contributed by atoms with Crippen LogP contribution < -0.4 is 0 Å². The molecule has 4 heteroatoms. The second kappa shape index (κ2) is 4.57. The number of nitrogens with zero attached hydrogens (tertiary/aromatic N) is 1. The molecule has 0 saturated carbocycles. The van der Waals surface area contributed by atoms with Crippen molar-refractivity contribution in [1.82, 2.24) is 0 Å². The third-order valence-corrected chi connectivity index (χ3v) is 2.41. The highest BCUT2D eigenvalue weighted by molar-refractivity contribution is 7.47. The molecule has 80 valence electrons. The number of alkyl halides is 2. The van der Waals surface area contributed by atoms with Crippen LogP contribution in [-0.4, -0.2) is 0 Å². The molecule has 1 nitrogen and oxygen atoms in total. The number of aryl methyl sites for hydroxylation is 1. The predicted molar refractivity (Wildman–Crippen MR) is 59.4 cm³/mol. The van der Waals surface area contributed by atoms with E-state index in [1.165, 1.54) is 6.07 Å². The van der Waals surface area contributed by atoms with E-state index in [9.17, 15) is 8.78 Å². The van der Waals surface area contributed by atoms with Gasteiger partial charge < -0.3 is 0 Å². The normalized spacial score (nSPS) is 11.1. The van der Waals surface area contributed by atoms with Crippen molar-refractivity contribution < 1.29 is 8.78 Å². The molecule has 0 fully saturated rings. The van der Waals surface area contributed by atoms with Gasteiger partial charge in [-0.05, 0) is 30.2 Å². The smallest absolute Gasteiger partial charge is 0.197 e. The van der Waals surface area contributed by atoms with E-state index in [1.54, 1.807) is 12.1 Å². The van der Waals surface area contributed by atoms with Crippen molar-refractivity contribution >= 4 is 18.1 Å². The molecule has 1 aromatic carbocycles. The summed E-state index contributed by atoms with van der Waals surface area (Å²) in [5.74, 6) is -3.03. The second-order valence-electron chi connectivity index (χ2n) is 3.11. The fourth-order valence-electron chi connectivity index (χ4n) is 1.35. The number of hydrogen-bond donors (Lipinski definition) is 0. The molecule has 0 radical (unpaired) electrons. The Morgan fingerprint density at radius 3 is 2.67 bits per heavy atom. The van der Waals surface area contributed by atoms with Gasteiger partial charge in [-0.15, -0.1) is 0 Å². The fourth-order valence-corrected chi connectivity index (χ4v) is 1.46. The van der Waals surface area contributed by atoms with E-state index < -0.39 is 5.92 Å². The Balaban J connectivity index is 3.35. The van der Waals surface area contributed by atoms with Crippen LogP contribution in [0.4, 0.5) is 14.5 Å². The van der Waals surface area contributed by atoms with E-state index in [0.29, 0.717) is 23.7 Å². The van der Waals surface area contributed by atoms with Crippen LogP contribution >= 0.6 is 0 Å². The maximum atomic E-state index is 13.5. The van der Waals surface area contributed by atoms with Crippen LogP contribution in [0.3, 0.4) is 0 Å². The molecule has 15 heavy (non-hydrogen) atoms. The summed E-state index contributed by atoms with van der Waals surface area (Å²) < 4.78 is 30.4. The summed E-state index contributed by atoms with van der Waals surface area (Å²) in [6.45, 7) is 4.95. The van der Waals surface area contributed by atoms with Gasteiger partial charge in [0.25, 0.3) is 5.92 Å². The molecule has 0 aliphatic carbocycles. The van der Waals surface area contributed by atoms with Crippen LogP contribution in [0.2, 0.25) is 0 Å². The molecule has 0 aromatic heterocycles.